The molecule has 6 nitrogen and oxygen atoms in total. The summed E-state index contributed by atoms with van der Waals surface area (Å²) in [5, 5.41) is 11.8. The van der Waals surface area contributed by atoms with Crippen LogP contribution >= 0.6 is 24.0 Å². The zero-order valence-corrected chi connectivity index (χ0v) is 21.0. The lowest BCUT2D eigenvalue weighted by atomic mass is 10.0. The third-order valence-corrected chi connectivity index (χ3v) is 5.32. The lowest BCUT2D eigenvalue weighted by molar-refractivity contribution is 0.187. The van der Waals surface area contributed by atoms with Crippen molar-refractivity contribution in [3.8, 4) is 0 Å². The fourth-order valence-electron chi connectivity index (χ4n) is 4.02. The highest BCUT2D eigenvalue weighted by molar-refractivity contribution is 14.0. The molecule has 0 bridgehead atoms. The SMILES string of the molecule is CCNC(=NCc1c(CC)nn(C)c1CC)NC1CCN(CC(C)C)CC1.I. The van der Waals surface area contributed by atoms with Crippen LogP contribution in [0.3, 0.4) is 0 Å². The van der Waals surface area contributed by atoms with E-state index in [0.29, 0.717) is 12.6 Å². The smallest absolute Gasteiger partial charge is 0.191 e. The highest BCUT2D eigenvalue weighted by Gasteiger charge is 2.20. The van der Waals surface area contributed by atoms with Crippen LogP contribution in [0.4, 0.5) is 0 Å². The van der Waals surface area contributed by atoms with Gasteiger partial charge in [0.05, 0.1) is 12.2 Å². The zero-order chi connectivity index (χ0) is 19.8. The number of guanidine groups is 1. The first-order valence-corrected chi connectivity index (χ1v) is 10.8. The number of halogens is 1. The number of piperidine rings is 1. The van der Waals surface area contributed by atoms with Crippen LogP contribution in [0.25, 0.3) is 0 Å². The molecule has 2 heterocycles. The first-order valence-electron chi connectivity index (χ1n) is 10.8. The molecule has 1 aliphatic heterocycles. The quantitative estimate of drug-likeness (QED) is 0.324. The van der Waals surface area contributed by atoms with Crippen LogP contribution in [-0.4, -0.2) is 52.9 Å². The molecule has 0 radical (unpaired) electrons. The third kappa shape index (κ3) is 7.21. The van der Waals surface area contributed by atoms with E-state index >= 15 is 0 Å². The molecule has 0 saturated carbocycles. The van der Waals surface area contributed by atoms with Crippen LogP contribution in [0.5, 0.6) is 0 Å². The molecule has 1 aromatic heterocycles. The number of nitrogens with zero attached hydrogens (tertiary/aromatic N) is 4. The van der Waals surface area contributed by atoms with E-state index in [2.05, 4.69) is 55.3 Å². The molecule has 0 aromatic carbocycles. The number of likely N-dealkylation sites (tertiary alicyclic amines) is 1. The maximum atomic E-state index is 4.90. The van der Waals surface area contributed by atoms with E-state index in [1.165, 1.54) is 49.4 Å². The second-order valence-corrected chi connectivity index (χ2v) is 8.01. The van der Waals surface area contributed by atoms with Gasteiger partial charge in [0.1, 0.15) is 0 Å². The average molecular weight is 505 g/mol. The second-order valence-electron chi connectivity index (χ2n) is 8.01. The highest BCUT2D eigenvalue weighted by atomic mass is 127. The van der Waals surface area contributed by atoms with Gasteiger partial charge < -0.3 is 15.5 Å². The van der Waals surface area contributed by atoms with Crippen molar-refractivity contribution in [3.05, 3.63) is 17.0 Å². The van der Waals surface area contributed by atoms with Gasteiger partial charge in [-0.05, 0) is 38.5 Å². The van der Waals surface area contributed by atoms with Gasteiger partial charge in [-0.1, -0.05) is 27.7 Å². The Morgan fingerprint density at radius 1 is 1.18 bits per heavy atom. The summed E-state index contributed by atoms with van der Waals surface area (Å²) in [6.45, 7) is 16.2. The lowest BCUT2D eigenvalue weighted by Crippen LogP contribution is -2.49. The van der Waals surface area contributed by atoms with Gasteiger partial charge in [-0.3, -0.25) is 4.68 Å². The van der Waals surface area contributed by atoms with E-state index < -0.39 is 0 Å². The third-order valence-electron chi connectivity index (χ3n) is 5.32. The predicted octanol–water partition coefficient (Wildman–Crippen LogP) is 3.34. The van der Waals surface area contributed by atoms with Crippen LogP contribution in [0, 0.1) is 5.92 Å². The number of aryl methyl sites for hydroxylation is 2. The Bertz CT molecular complexity index is 602. The maximum absolute atomic E-state index is 4.90. The minimum Gasteiger partial charge on any atom is -0.357 e. The molecule has 0 unspecified atom stereocenters. The van der Waals surface area contributed by atoms with E-state index in [4.69, 9.17) is 4.99 Å². The molecule has 0 atom stereocenters. The molecule has 28 heavy (non-hydrogen) atoms. The normalized spacial score (nSPS) is 16.3. The highest BCUT2D eigenvalue weighted by Crippen LogP contribution is 2.17. The topological polar surface area (TPSA) is 57.5 Å². The second kappa shape index (κ2) is 12.7. The summed E-state index contributed by atoms with van der Waals surface area (Å²) >= 11 is 0. The monoisotopic (exact) mass is 504 g/mol. The number of hydrogen-bond donors (Lipinski definition) is 2. The Hall–Kier alpha value is -0.830. The number of aliphatic imine (C=N–C) groups is 1. The standard InChI is InChI=1S/C21H40N6.HI/c1-7-19-18(20(8-2)26(6)25-19)14-23-21(22-9-3)24-17-10-12-27(13-11-17)15-16(4)5;/h16-17H,7-15H2,1-6H3,(H2,22,23,24);1H. The predicted molar refractivity (Wildman–Crippen MR) is 130 cm³/mol. The van der Waals surface area contributed by atoms with E-state index in [-0.39, 0.29) is 24.0 Å². The number of aromatic nitrogens is 2. The Morgan fingerprint density at radius 3 is 2.39 bits per heavy atom. The van der Waals surface area contributed by atoms with E-state index in [9.17, 15) is 0 Å². The minimum atomic E-state index is 0. The van der Waals surface area contributed by atoms with E-state index in [1.807, 2.05) is 11.7 Å². The molecule has 0 spiro atoms. The molecule has 1 aromatic rings. The first kappa shape index (κ1) is 25.2. The Kier molecular flexibility index (Phi) is 11.4. The average Bonchev–Trinajstić information content (AvgIpc) is 2.95. The molecule has 0 aliphatic carbocycles. The van der Waals surface area contributed by atoms with Gasteiger partial charge in [0.15, 0.2) is 5.96 Å². The summed E-state index contributed by atoms with van der Waals surface area (Å²) in [5.41, 5.74) is 3.77. The van der Waals surface area contributed by atoms with Crippen LogP contribution in [0.1, 0.15) is 64.4 Å². The van der Waals surface area contributed by atoms with Crippen molar-refractivity contribution in [1.29, 1.82) is 0 Å². The van der Waals surface area contributed by atoms with Crippen molar-refractivity contribution in [1.82, 2.24) is 25.3 Å². The summed E-state index contributed by atoms with van der Waals surface area (Å²) < 4.78 is 2.02. The zero-order valence-electron chi connectivity index (χ0n) is 18.7. The summed E-state index contributed by atoms with van der Waals surface area (Å²) in [6, 6.07) is 0.511. The summed E-state index contributed by atoms with van der Waals surface area (Å²) in [7, 11) is 2.04. The van der Waals surface area contributed by atoms with Gasteiger partial charge in [-0.15, -0.1) is 24.0 Å². The fourth-order valence-corrected chi connectivity index (χ4v) is 4.02. The molecule has 7 heteroatoms. The number of hydrogen-bond acceptors (Lipinski definition) is 3. The minimum absolute atomic E-state index is 0. The van der Waals surface area contributed by atoms with Gasteiger partial charge in [-0.2, -0.15) is 5.10 Å². The molecule has 162 valence electrons. The molecule has 2 N–H and O–H groups in total. The maximum Gasteiger partial charge on any atom is 0.191 e. The summed E-state index contributed by atoms with van der Waals surface area (Å²) in [4.78, 5) is 7.49. The molecule has 1 aliphatic rings. The number of rotatable bonds is 8. The van der Waals surface area contributed by atoms with Gasteiger partial charge in [0.2, 0.25) is 0 Å². The largest absolute Gasteiger partial charge is 0.357 e. The van der Waals surface area contributed by atoms with Crippen LogP contribution in [-0.2, 0) is 26.4 Å². The van der Waals surface area contributed by atoms with Crippen molar-refractivity contribution in [3.63, 3.8) is 0 Å². The van der Waals surface area contributed by atoms with Crippen LogP contribution in [0.15, 0.2) is 4.99 Å². The van der Waals surface area contributed by atoms with Crippen molar-refractivity contribution in [2.24, 2.45) is 18.0 Å². The van der Waals surface area contributed by atoms with Crippen molar-refractivity contribution >= 4 is 29.9 Å². The van der Waals surface area contributed by atoms with Crippen molar-refractivity contribution in [2.45, 2.75) is 72.9 Å². The van der Waals surface area contributed by atoms with Gasteiger partial charge in [-0.25, -0.2) is 4.99 Å². The Morgan fingerprint density at radius 2 is 1.86 bits per heavy atom. The summed E-state index contributed by atoms with van der Waals surface area (Å²) in [5.74, 6) is 1.68. The molecule has 2 rings (SSSR count). The number of nitrogens with one attached hydrogen (secondary N) is 2. The molecular weight excluding hydrogens is 463 g/mol. The Balaban J connectivity index is 0.00000392. The Labute approximate surface area is 189 Å². The lowest BCUT2D eigenvalue weighted by Gasteiger charge is -2.34. The van der Waals surface area contributed by atoms with E-state index in [0.717, 1.165) is 31.3 Å². The van der Waals surface area contributed by atoms with Crippen LogP contribution in [0.2, 0.25) is 0 Å². The molecule has 1 saturated heterocycles. The summed E-state index contributed by atoms with van der Waals surface area (Å²) in [6.07, 6.45) is 4.32. The van der Waals surface area contributed by atoms with Crippen molar-refractivity contribution < 1.29 is 0 Å². The van der Waals surface area contributed by atoms with Gasteiger partial charge in [0.25, 0.3) is 0 Å². The fraction of sp³-hybridized carbons (Fsp3) is 0.810. The van der Waals surface area contributed by atoms with Crippen LogP contribution < -0.4 is 10.6 Å². The van der Waals surface area contributed by atoms with E-state index in [1.54, 1.807) is 0 Å². The van der Waals surface area contributed by atoms with Gasteiger partial charge >= 0.3 is 0 Å². The van der Waals surface area contributed by atoms with Gasteiger partial charge in [0, 0.05) is 50.5 Å². The van der Waals surface area contributed by atoms with Crippen molar-refractivity contribution in [2.75, 3.05) is 26.2 Å². The molecule has 1 fully saturated rings. The molecular formula is C21H41IN6. The molecule has 0 amide bonds. The first-order chi connectivity index (χ1) is 13.0.